The van der Waals surface area contributed by atoms with Crippen molar-refractivity contribution < 1.29 is 14.3 Å². The molecule has 0 bridgehead atoms. The summed E-state index contributed by atoms with van der Waals surface area (Å²) in [5, 5.41) is 0. The maximum atomic E-state index is 12.1. The van der Waals surface area contributed by atoms with Gasteiger partial charge in [-0.1, -0.05) is 117 Å². The first kappa shape index (κ1) is 51.9. The maximum Gasteiger partial charge on any atom is 0.331 e. The van der Waals surface area contributed by atoms with Crippen LogP contribution in [0.5, 0.6) is 5.75 Å². The topological polar surface area (TPSA) is 35.5 Å². The Morgan fingerprint density at radius 1 is 0.448 bits per heavy atom. The highest BCUT2D eigenvalue weighted by atomic mass is 16.5. The second kappa shape index (κ2) is 32.8. The third-order valence-corrected chi connectivity index (χ3v) is 10.5. The molecule has 320 valence electrons. The van der Waals surface area contributed by atoms with Gasteiger partial charge in [0.25, 0.3) is 0 Å². The van der Waals surface area contributed by atoms with Gasteiger partial charge in [-0.25, -0.2) is 4.79 Å². The first-order valence-electron chi connectivity index (χ1n) is 22.1. The van der Waals surface area contributed by atoms with E-state index in [0.29, 0.717) is 0 Å². The van der Waals surface area contributed by atoms with Crippen LogP contribution in [0.4, 0.5) is 0 Å². The molecule has 3 heteroatoms. The lowest BCUT2D eigenvalue weighted by atomic mass is 10.0. The summed E-state index contributed by atoms with van der Waals surface area (Å²) in [5.41, 5.74) is 14.0. The molecule has 0 aliphatic heterocycles. The van der Waals surface area contributed by atoms with E-state index >= 15 is 0 Å². The quantitative estimate of drug-likeness (QED) is 0.0461. The van der Waals surface area contributed by atoms with Crippen molar-refractivity contribution in [1.82, 2.24) is 0 Å². The van der Waals surface area contributed by atoms with Crippen molar-refractivity contribution in [3.63, 3.8) is 0 Å². The number of carbonyl (C=O) groups excluding carboxylic acids is 1. The summed E-state index contributed by atoms with van der Waals surface area (Å²) < 4.78 is 10.7. The number of para-hydroxylation sites is 1. The van der Waals surface area contributed by atoms with E-state index in [2.05, 4.69) is 118 Å². The van der Waals surface area contributed by atoms with Crippen LogP contribution in [0.2, 0.25) is 0 Å². The lowest BCUT2D eigenvalue weighted by Gasteiger charge is -2.04. The van der Waals surface area contributed by atoms with Crippen LogP contribution < -0.4 is 4.74 Å². The fourth-order valence-electron chi connectivity index (χ4n) is 6.50. The van der Waals surface area contributed by atoms with Crippen LogP contribution in [0.15, 0.2) is 135 Å². The van der Waals surface area contributed by atoms with Crippen LogP contribution in [-0.2, 0) is 9.53 Å². The van der Waals surface area contributed by atoms with Crippen LogP contribution in [0.3, 0.4) is 0 Å². The number of ether oxygens (including phenoxy) is 2. The van der Waals surface area contributed by atoms with Crippen molar-refractivity contribution in [3.8, 4) is 5.75 Å². The first-order chi connectivity index (χ1) is 27.8. The molecular weight excluding hydrogens is 709 g/mol. The summed E-state index contributed by atoms with van der Waals surface area (Å²) >= 11 is 0. The number of carbonyl (C=O) groups is 1. The Balaban J connectivity index is 2.24. The number of benzene rings is 1. The Kier molecular flexibility index (Phi) is 29.4. The molecule has 0 fully saturated rings. The van der Waals surface area contributed by atoms with E-state index in [4.69, 9.17) is 9.47 Å². The zero-order valence-electron chi connectivity index (χ0n) is 38.9. The van der Waals surface area contributed by atoms with Gasteiger partial charge in [0.15, 0.2) is 0 Å². The second-order valence-electron chi connectivity index (χ2n) is 16.7. The molecule has 0 N–H and O–H groups in total. The number of rotatable bonds is 29. The van der Waals surface area contributed by atoms with E-state index < -0.39 is 0 Å². The molecule has 1 rings (SSSR count). The van der Waals surface area contributed by atoms with E-state index in [9.17, 15) is 4.79 Å². The highest BCUT2D eigenvalue weighted by Crippen LogP contribution is 2.20. The van der Waals surface area contributed by atoms with Gasteiger partial charge < -0.3 is 9.47 Å². The normalized spacial score (nSPS) is 14.1. The summed E-state index contributed by atoms with van der Waals surface area (Å²) in [4.78, 5) is 12.1. The van der Waals surface area contributed by atoms with Crippen molar-refractivity contribution in [2.75, 3.05) is 13.7 Å². The van der Waals surface area contributed by atoms with Crippen LogP contribution in [0, 0.1) is 0 Å². The minimum absolute atomic E-state index is 0.284. The molecule has 0 aliphatic carbocycles. The van der Waals surface area contributed by atoms with Crippen LogP contribution >= 0.6 is 0 Å². The van der Waals surface area contributed by atoms with Crippen LogP contribution in [-0.4, -0.2) is 19.7 Å². The van der Waals surface area contributed by atoms with Gasteiger partial charge in [-0.3, -0.25) is 0 Å². The molecule has 0 radical (unpaired) electrons. The Morgan fingerprint density at radius 3 is 1.09 bits per heavy atom. The molecule has 0 amide bonds. The molecule has 0 aromatic heterocycles. The SMILES string of the molecule is COc1ccccc1/C=C/C(=O)OC/C=C(\C)CC/C=C(\C)CC/C=C(\C)CC/C=C(\C)CC/C=C(\C)CC/C=C(\C)CC/C=C(\C)CC/C=C(\C)CCC=C(C)C. The van der Waals surface area contributed by atoms with Crippen molar-refractivity contribution >= 4 is 12.0 Å². The highest BCUT2D eigenvalue weighted by molar-refractivity contribution is 5.87. The van der Waals surface area contributed by atoms with E-state index in [1.165, 1.54) is 75.5 Å². The fraction of sp³-hybridized carbons (Fsp3) is 0.509. The van der Waals surface area contributed by atoms with E-state index in [1.54, 1.807) is 13.2 Å². The number of hydrogen-bond acceptors (Lipinski definition) is 3. The molecule has 3 nitrogen and oxygen atoms in total. The molecule has 0 saturated carbocycles. The summed E-state index contributed by atoms with van der Waals surface area (Å²) in [6, 6.07) is 7.58. The molecule has 1 aromatic carbocycles. The van der Waals surface area contributed by atoms with Crippen LogP contribution in [0.1, 0.15) is 178 Å². The largest absolute Gasteiger partial charge is 0.496 e. The second-order valence-corrected chi connectivity index (χ2v) is 16.7. The van der Waals surface area contributed by atoms with Gasteiger partial charge >= 0.3 is 5.97 Å². The van der Waals surface area contributed by atoms with Crippen LogP contribution in [0.25, 0.3) is 6.08 Å². The average Bonchev–Trinajstić information content (AvgIpc) is 3.17. The molecule has 0 saturated heterocycles. The molecule has 1 aromatic rings. The van der Waals surface area contributed by atoms with Crippen molar-refractivity contribution in [2.45, 2.75) is 172 Å². The summed E-state index contributed by atoms with van der Waals surface area (Å²) in [6.07, 6.45) is 42.5. The Labute approximate surface area is 357 Å². The Bertz CT molecular complexity index is 1660. The zero-order chi connectivity index (χ0) is 43.0. The fourth-order valence-corrected chi connectivity index (χ4v) is 6.50. The zero-order valence-corrected chi connectivity index (χ0v) is 38.9. The molecule has 0 atom stereocenters. The first-order valence-corrected chi connectivity index (χ1v) is 22.1. The molecule has 0 unspecified atom stereocenters. The standard InChI is InChI=1S/C55H82O3/c1-44(2)22-14-23-45(3)24-15-25-46(4)26-16-27-47(5)28-17-29-48(6)30-18-31-49(7)32-19-33-50(8)34-20-35-51(9)36-21-37-52(10)42-43-58-55(56)41-40-53-38-12-13-39-54(53)57-11/h12-13,22,24,26,28,30,32,34,36,38-42H,14-21,23,25,27,29,31,33,35,37,43H2,1-11H3/b41-40+,45-24+,46-26+,47-28+,48-30+,49-32+,50-34+,51-36+,52-42+. The van der Waals surface area contributed by atoms with Gasteiger partial charge in [0.2, 0.25) is 0 Å². The summed E-state index contributed by atoms with van der Waals surface area (Å²) in [6.45, 7) is 22.7. The minimum atomic E-state index is -0.358. The predicted molar refractivity (Wildman–Crippen MR) is 256 cm³/mol. The number of esters is 1. The number of hydrogen-bond donors (Lipinski definition) is 0. The smallest absolute Gasteiger partial charge is 0.331 e. The maximum absolute atomic E-state index is 12.1. The van der Waals surface area contributed by atoms with Gasteiger partial charge in [0.1, 0.15) is 12.4 Å². The van der Waals surface area contributed by atoms with Gasteiger partial charge in [0.05, 0.1) is 7.11 Å². The number of methoxy groups -OCH3 is 1. The lowest BCUT2D eigenvalue weighted by Crippen LogP contribution is -2.00. The number of allylic oxidation sites excluding steroid dienone is 17. The Hall–Kier alpha value is -4.11. The van der Waals surface area contributed by atoms with Crippen molar-refractivity contribution in [1.29, 1.82) is 0 Å². The molecule has 58 heavy (non-hydrogen) atoms. The van der Waals surface area contributed by atoms with Gasteiger partial charge in [-0.05, 0) is 190 Å². The average molecular weight is 791 g/mol. The molecular formula is C55H82O3. The van der Waals surface area contributed by atoms with Crippen molar-refractivity contribution in [2.24, 2.45) is 0 Å². The predicted octanol–water partition coefficient (Wildman–Crippen LogP) is 17.0. The monoisotopic (exact) mass is 791 g/mol. The highest BCUT2D eigenvalue weighted by Gasteiger charge is 2.01. The third-order valence-electron chi connectivity index (χ3n) is 10.5. The summed E-state index contributed by atoms with van der Waals surface area (Å²) in [7, 11) is 1.62. The lowest BCUT2D eigenvalue weighted by molar-refractivity contribution is -0.136. The molecule has 0 spiro atoms. The Morgan fingerprint density at radius 2 is 0.759 bits per heavy atom. The van der Waals surface area contributed by atoms with Crippen molar-refractivity contribution in [3.05, 3.63) is 141 Å². The van der Waals surface area contributed by atoms with E-state index in [-0.39, 0.29) is 12.6 Å². The van der Waals surface area contributed by atoms with Gasteiger partial charge in [-0.2, -0.15) is 0 Å². The van der Waals surface area contributed by atoms with Gasteiger partial charge in [0, 0.05) is 11.6 Å². The third kappa shape index (κ3) is 29.2. The van der Waals surface area contributed by atoms with Gasteiger partial charge in [-0.15, -0.1) is 0 Å². The van der Waals surface area contributed by atoms with E-state index in [0.717, 1.165) is 94.8 Å². The minimum Gasteiger partial charge on any atom is -0.496 e. The van der Waals surface area contributed by atoms with E-state index in [1.807, 2.05) is 30.3 Å². The molecule has 0 aliphatic rings. The molecule has 0 heterocycles. The summed E-state index contributed by atoms with van der Waals surface area (Å²) in [5.74, 6) is 0.370.